The summed E-state index contributed by atoms with van der Waals surface area (Å²) in [5.74, 6) is 1.43. The van der Waals surface area contributed by atoms with Crippen LogP contribution in [0.5, 0.6) is 0 Å². The molecule has 2 nitrogen and oxygen atoms in total. The van der Waals surface area contributed by atoms with Crippen LogP contribution in [0.3, 0.4) is 0 Å². The van der Waals surface area contributed by atoms with Gasteiger partial charge in [-0.05, 0) is 24.7 Å². The lowest BCUT2D eigenvalue weighted by Gasteiger charge is -2.12. The molecule has 1 fully saturated rings. The van der Waals surface area contributed by atoms with Crippen LogP contribution < -0.4 is 5.32 Å². The van der Waals surface area contributed by atoms with Crippen LogP contribution in [0.4, 0.5) is 0 Å². The van der Waals surface area contributed by atoms with E-state index in [1.165, 1.54) is 25.7 Å². The minimum Gasteiger partial charge on any atom is -0.356 e. The summed E-state index contributed by atoms with van der Waals surface area (Å²) in [6.45, 7) is 2.93. The Kier molecular flexibility index (Phi) is 5.53. The van der Waals surface area contributed by atoms with Crippen LogP contribution >= 0.6 is 15.9 Å². The van der Waals surface area contributed by atoms with E-state index in [1.54, 1.807) is 0 Å². The number of alkyl halides is 1. The van der Waals surface area contributed by atoms with Crippen molar-refractivity contribution >= 4 is 21.8 Å². The molecule has 3 heteroatoms. The van der Waals surface area contributed by atoms with Crippen LogP contribution in [-0.4, -0.2) is 17.8 Å². The first-order valence-electron chi connectivity index (χ1n) is 5.55. The number of carbonyl (C=O) groups is 1. The summed E-state index contributed by atoms with van der Waals surface area (Å²) < 4.78 is 0. The van der Waals surface area contributed by atoms with Crippen molar-refractivity contribution in [1.82, 2.24) is 5.32 Å². The van der Waals surface area contributed by atoms with Crippen LogP contribution in [0, 0.1) is 11.8 Å². The van der Waals surface area contributed by atoms with Crippen LogP contribution in [0.1, 0.15) is 39.0 Å². The Morgan fingerprint density at radius 1 is 1.50 bits per heavy atom. The molecule has 0 radical (unpaired) electrons. The molecule has 1 saturated carbocycles. The van der Waals surface area contributed by atoms with Gasteiger partial charge in [0.1, 0.15) is 0 Å². The van der Waals surface area contributed by atoms with E-state index in [2.05, 4.69) is 28.2 Å². The van der Waals surface area contributed by atoms with Gasteiger partial charge < -0.3 is 5.32 Å². The first-order valence-corrected chi connectivity index (χ1v) is 6.67. The van der Waals surface area contributed by atoms with E-state index in [0.717, 1.165) is 18.3 Å². The number of amides is 1. The van der Waals surface area contributed by atoms with Gasteiger partial charge in [0.15, 0.2) is 0 Å². The first-order chi connectivity index (χ1) is 6.72. The summed E-state index contributed by atoms with van der Waals surface area (Å²) in [7, 11) is 0. The maximum atomic E-state index is 11.5. The van der Waals surface area contributed by atoms with Gasteiger partial charge in [0, 0.05) is 18.3 Å². The first kappa shape index (κ1) is 12.0. The van der Waals surface area contributed by atoms with Crippen molar-refractivity contribution in [2.75, 3.05) is 11.9 Å². The van der Waals surface area contributed by atoms with Crippen LogP contribution in [0.25, 0.3) is 0 Å². The Labute approximate surface area is 95.0 Å². The number of nitrogens with one attached hydrogen (secondary N) is 1. The van der Waals surface area contributed by atoms with E-state index >= 15 is 0 Å². The second kappa shape index (κ2) is 6.44. The smallest absolute Gasteiger partial charge is 0.220 e. The molecule has 0 bridgehead atoms. The van der Waals surface area contributed by atoms with E-state index in [9.17, 15) is 4.79 Å². The van der Waals surface area contributed by atoms with Crippen molar-refractivity contribution in [1.29, 1.82) is 0 Å². The third kappa shape index (κ3) is 4.45. The lowest BCUT2D eigenvalue weighted by Crippen LogP contribution is -2.29. The van der Waals surface area contributed by atoms with E-state index in [4.69, 9.17) is 0 Å². The van der Waals surface area contributed by atoms with Gasteiger partial charge in [0.25, 0.3) is 0 Å². The maximum absolute atomic E-state index is 11.5. The lowest BCUT2D eigenvalue weighted by molar-refractivity contribution is -0.122. The molecule has 1 rings (SSSR count). The molecule has 14 heavy (non-hydrogen) atoms. The van der Waals surface area contributed by atoms with E-state index < -0.39 is 0 Å². The molecular formula is C11H20BrNO. The second-order valence-corrected chi connectivity index (χ2v) is 5.07. The minimum absolute atomic E-state index is 0.240. The van der Waals surface area contributed by atoms with Crippen molar-refractivity contribution in [3.05, 3.63) is 0 Å². The zero-order chi connectivity index (χ0) is 10.4. The van der Waals surface area contributed by atoms with Gasteiger partial charge in [-0.1, -0.05) is 35.7 Å². The molecule has 0 saturated heterocycles. The Bertz CT molecular complexity index is 178. The molecule has 1 aliphatic rings. The average Bonchev–Trinajstić information content (AvgIpc) is 2.66. The molecule has 1 aliphatic carbocycles. The zero-order valence-corrected chi connectivity index (χ0v) is 10.5. The maximum Gasteiger partial charge on any atom is 0.220 e. The summed E-state index contributed by atoms with van der Waals surface area (Å²) in [5, 5.41) is 3.95. The number of halogens is 1. The van der Waals surface area contributed by atoms with Gasteiger partial charge in [-0.15, -0.1) is 0 Å². The van der Waals surface area contributed by atoms with Gasteiger partial charge >= 0.3 is 0 Å². The van der Waals surface area contributed by atoms with Crippen LogP contribution in [0.15, 0.2) is 0 Å². The standard InChI is InChI=1S/C11H20BrNO/c1-9(7-12)8-13-11(14)6-10-4-2-3-5-10/h9-10H,2-8H2,1H3,(H,13,14). The number of carbonyl (C=O) groups excluding carboxylic acids is 1. The molecule has 0 aromatic heterocycles. The summed E-state index contributed by atoms with van der Waals surface area (Å²) in [5.41, 5.74) is 0. The zero-order valence-electron chi connectivity index (χ0n) is 8.89. The van der Waals surface area contributed by atoms with E-state index in [0.29, 0.717) is 11.8 Å². The topological polar surface area (TPSA) is 29.1 Å². The van der Waals surface area contributed by atoms with Crippen molar-refractivity contribution < 1.29 is 4.79 Å². The van der Waals surface area contributed by atoms with Crippen LogP contribution in [-0.2, 0) is 4.79 Å². The average molecular weight is 262 g/mol. The summed E-state index contributed by atoms with van der Waals surface area (Å²) in [6, 6.07) is 0. The third-order valence-electron chi connectivity index (χ3n) is 2.86. The predicted molar refractivity (Wildman–Crippen MR) is 62.5 cm³/mol. The largest absolute Gasteiger partial charge is 0.356 e. The van der Waals surface area contributed by atoms with Crippen molar-refractivity contribution in [3.8, 4) is 0 Å². The number of rotatable bonds is 5. The summed E-state index contributed by atoms with van der Waals surface area (Å²) in [6.07, 6.45) is 5.88. The Balaban J connectivity index is 2.09. The van der Waals surface area contributed by atoms with E-state index in [1.807, 2.05) is 0 Å². The van der Waals surface area contributed by atoms with Gasteiger partial charge in [0.05, 0.1) is 0 Å². The van der Waals surface area contributed by atoms with Crippen molar-refractivity contribution in [3.63, 3.8) is 0 Å². The fourth-order valence-corrected chi connectivity index (χ4v) is 2.12. The minimum atomic E-state index is 0.240. The summed E-state index contributed by atoms with van der Waals surface area (Å²) in [4.78, 5) is 11.5. The molecule has 0 aromatic carbocycles. The molecule has 1 unspecified atom stereocenters. The monoisotopic (exact) mass is 261 g/mol. The number of hydrogen-bond donors (Lipinski definition) is 1. The lowest BCUT2D eigenvalue weighted by atomic mass is 10.0. The predicted octanol–water partition coefficient (Wildman–Crippen LogP) is 2.71. The highest BCUT2D eigenvalue weighted by Gasteiger charge is 2.18. The molecular weight excluding hydrogens is 242 g/mol. The Morgan fingerprint density at radius 2 is 2.14 bits per heavy atom. The van der Waals surface area contributed by atoms with Crippen molar-refractivity contribution in [2.45, 2.75) is 39.0 Å². The molecule has 1 amide bonds. The molecule has 0 aliphatic heterocycles. The molecule has 1 atom stereocenters. The van der Waals surface area contributed by atoms with Gasteiger partial charge in [-0.2, -0.15) is 0 Å². The Hall–Kier alpha value is -0.0500. The number of hydrogen-bond acceptors (Lipinski definition) is 1. The quantitative estimate of drug-likeness (QED) is 0.758. The molecule has 1 N–H and O–H groups in total. The summed E-state index contributed by atoms with van der Waals surface area (Å²) >= 11 is 3.40. The van der Waals surface area contributed by atoms with Gasteiger partial charge in [-0.25, -0.2) is 0 Å². The van der Waals surface area contributed by atoms with Gasteiger partial charge in [-0.3, -0.25) is 4.79 Å². The van der Waals surface area contributed by atoms with Gasteiger partial charge in [0.2, 0.25) is 5.91 Å². The third-order valence-corrected chi connectivity index (χ3v) is 3.97. The normalized spacial score (nSPS) is 19.6. The van der Waals surface area contributed by atoms with E-state index in [-0.39, 0.29) is 5.91 Å². The highest BCUT2D eigenvalue weighted by atomic mass is 79.9. The Morgan fingerprint density at radius 3 is 2.71 bits per heavy atom. The fourth-order valence-electron chi connectivity index (χ4n) is 1.89. The highest BCUT2D eigenvalue weighted by molar-refractivity contribution is 9.09. The second-order valence-electron chi connectivity index (χ2n) is 4.42. The molecule has 82 valence electrons. The molecule has 0 spiro atoms. The van der Waals surface area contributed by atoms with Crippen LogP contribution in [0.2, 0.25) is 0 Å². The fraction of sp³-hybridized carbons (Fsp3) is 0.909. The SMILES string of the molecule is CC(CBr)CNC(=O)CC1CCCC1. The molecule has 0 aromatic rings. The molecule has 0 heterocycles. The highest BCUT2D eigenvalue weighted by Crippen LogP contribution is 2.27. The van der Waals surface area contributed by atoms with Crippen molar-refractivity contribution in [2.24, 2.45) is 11.8 Å².